The monoisotopic (exact) mass is 372 g/mol. The van der Waals surface area contributed by atoms with E-state index in [4.69, 9.17) is 27.6 Å². The lowest BCUT2D eigenvalue weighted by molar-refractivity contribution is 0.0667. The Hall–Kier alpha value is -1.50. The van der Waals surface area contributed by atoms with Gasteiger partial charge in [-0.05, 0) is 31.0 Å². The lowest BCUT2D eigenvalue weighted by Crippen LogP contribution is -2.46. The minimum absolute atomic E-state index is 0.0119. The molecule has 23 heavy (non-hydrogen) atoms. The Bertz CT molecular complexity index is 706. The quantitative estimate of drug-likeness (QED) is 0.893. The summed E-state index contributed by atoms with van der Waals surface area (Å²) >= 11 is 13.0. The van der Waals surface area contributed by atoms with E-state index in [1.54, 1.807) is 23.1 Å². The van der Waals surface area contributed by atoms with Gasteiger partial charge in [-0.15, -0.1) is 11.3 Å². The topological polar surface area (TPSA) is 62.6 Å². The van der Waals surface area contributed by atoms with E-state index in [-0.39, 0.29) is 17.9 Å². The Kier molecular flexibility index (Phi) is 4.94. The Labute approximate surface area is 147 Å². The summed E-state index contributed by atoms with van der Waals surface area (Å²) in [7, 11) is 0. The van der Waals surface area contributed by atoms with Crippen LogP contribution in [0.15, 0.2) is 28.9 Å². The average molecular weight is 373 g/mol. The van der Waals surface area contributed by atoms with E-state index < -0.39 is 0 Å². The van der Waals surface area contributed by atoms with Crippen molar-refractivity contribution in [2.24, 2.45) is 0 Å². The van der Waals surface area contributed by atoms with Crippen LogP contribution in [-0.4, -0.2) is 35.8 Å². The summed E-state index contributed by atoms with van der Waals surface area (Å²) in [5.41, 5.74) is 0.399. The molecule has 8 heteroatoms. The van der Waals surface area contributed by atoms with Gasteiger partial charge < -0.3 is 14.6 Å². The molecule has 1 N–H and O–H groups in total. The molecule has 0 aliphatic carbocycles. The highest BCUT2D eigenvalue weighted by molar-refractivity contribution is 7.20. The van der Waals surface area contributed by atoms with Gasteiger partial charge in [0.15, 0.2) is 5.76 Å². The van der Waals surface area contributed by atoms with Gasteiger partial charge in [0.05, 0.1) is 16.2 Å². The standard InChI is InChI=1S/C15H14Cl2N2O3S/c16-12-8-10(13(17)23-12)14(20)18-9-3-5-19(6-4-9)15(21)11-2-1-7-22-11/h1-2,7-9H,3-6H2,(H,18,20). The molecular weight excluding hydrogens is 359 g/mol. The number of hydrogen-bond donors (Lipinski definition) is 1. The van der Waals surface area contributed by atoms with Crippen molar-refractivity contribution < 1.29 is 14.0 Å². The lowest BCUT2D eigenvalue weighted by atomic mass is 10.0. The first-order chi connectivity index (χ1) is 11.0. The van der Waals surface area contributed by atoms with Crippen molar-refractivity contribution in [3.05, 3.63) is 44.5 Å². The molecule has 0 aromatic carbocycles. The maximum Gasteiger partial charge on any atom is 0.289 e. The molecule has 2 aromatic rings. The van der Waals surface area contributed by atoms with Gasteiger partial charge in [0.1, 0.15) is 4.34 Å². The molecule has 0 bridgehead atoms. The second kappa shape index (κ2) is 6.95. The van der Waals surface area contributed by atoms with E-state index in [9.17, 15) is 9.59 Å². The van der Waals surface area contributed by atoms with Crippen molar-refractivity contribution in [2.45, 2.75) is 18.9 Å². The molecule has 0 spiro atoms. The molecule has 3 heterocycles. The van der Waals surface area contributed by atoms with Gasteiger partial charge in [-0.2, -0.15) is 0 Å². The van der Waals surface area contributed by atoms with Gasteiger partial charge in [-0.3, -0.25) is 9.59 Å². The van der Waals surface area contributed by atoms with Crippen LogP contribution in [0.1, 0.15) is 33.8 Å². The van der Waals surface area contributed by atoms with Crippen LogP contribution in [0.25, 0.3) is 0 Å². The first-order valence-electron chi connectivity index (χ1n) is 7.13. The smallest absolute Gasteiger partial charge is 0.289 e. The summed E-state index contributed by atoms with van der Waals surface area (Å²) in [6.45, 7) is 1.14. The van der Waals surface area contributed by atoms with Crippen molar-refractivity contribution in [1.29, 1.82) is 0 Å². The molecule has 122 valence electrons. The summed E-state index contributed by atoms with van der Waals surface area (Å²) in [4.78, 5) is 26.1. The SMILES string of the molecule is O=C(NC1CCN(C(=O)c2ccco2)CC1)c1cc(Cl)sc1Cl. The first-order valence-corrected chi connectivity index (χ1v) is 8.70. The van der Waals surface area contributed by atoms with Crippen molar-refractivity contribution in [1.82, 2.24) is 10.2 Å². The number of halogens is 2. The fourth-order valence-electron chi connectivity index (χ4n) is 2.54. The number of piperidine rings is 1. The van der Waals surface area contributed by atoms with E-state index in [1.165, 1.54) is 17.6 Å². The van der Waals surface area contributed by atoms with Gasteiger partial charge in [0.25, 0.3) is 11.8 Å². The summed E-state index contributed by atoms with van der Waals surface area (Å²) in [6, 6.07) is 4.92. The molecule has 1 saturated heterocycles. The average Bonchev–Trinajstić information content (AvgIpc) is 3.17. The molecule has 0 atom stereocenters. The third-order valence-electron chi connectivity index (χ3n) is 3.75. The molecule has 1 fully saturated rings. The van der Waals surface area contributed by atoms with Crippen LogP contribution < -0.4 is 5.32 Å². The molecule has 0 unspecified atom stereocenters. The van der Waals surface area contributed by atoms with Crippen LogP contribution in [0.5, 0.6) is 0 Å². The second-order valence-electron chi connectivity index (χ2n) is 5.26. The number of carbonyl (C=O) groups excluding carboxylic acids is 2. The molecular formula is C15H14Cl2N2O3S. The number of rotatable bonds is 3. The van der Waals surface area contributed by atoms with E-state index in [0.29, 0.717) is 45.9 Å². The van der Waals surface area contributed by atoms with E-state index >= 15 is 0 Å². The predicted molar refractivity (Wildman–Crippen MR) is 89.4 cm³/mol. The van der Waals surface area contributed by atoms with Crippen molar-refractivity contribution >= 4 is 46.4 Å². The zero-order chi connectivity index (χ0) is 16.4. The number of furan rings is 1. The molecule has 5 nitrogen and oxygen atoms in total. The Morgan fingerprint density at radius 1 is 1.30 bits per heavy atom. The fourth-order valence-corrected chi connectivity index (χ4v) is 4.00. The van der Waals surface area contributed by atoms with Crippen molar-refractivity contribution in [3.63, 3.8) is 0 Å². The van der Waals surface area contributed by atoms with E-state index in [1.807, 2.05) is 0 Å². The Morgan fingerprint density at radius 2 is 2.04 bits per heavy atom. The zero-order valence-electron chi connectivity index (χ0n) is 12.1. The molecule has 2 aromatic heterocycles. The maximum absolute atomic E-state index is 12.2. The predicted octanol–water partition coefficient (Wildman–Crippen LogP) is 3.68. The highest BCUT2D eigenvalue weighted by Gasteiger charge is 2.26. The third-order valence-corrected chi connectivity index (χ3v) is 5.24. The summed E-state index contributed by atoms with van der Waals surface area (Å²) < 4.78 is 6.00. The largest absolute Gasteiger partial charge is 0.459 e. The van der Waals surface area contributed by atoms with Gasteiger partial charge >= 0.3 is 0 Å². The van der Waals surface area contributed by atoms with Crippen LogP contribution in [0.2, 0.25) is 8.67 Å². The van der Waals surface area contributed by atoms with Gasteiger partial charge in [-0.25, -0.2) is 0 Å². The van der Waals surface area contributed by atoms with Crippen LogP contribution in [0, 0.1) is 0 Å². The number of amides is 2. The molecule has 0 saturated carbocycles. The minimum Gasteiger partial charge on any atom is -0.459 e. The number of nitrogens with zero attached hydrogens (tertiary/aromatic N) is 1. The molecule has 3 rings (SSSR count). The van der Waals surface area contributed by atoms with Gasteiger partial charge in [0.2, 0.25) is 0 Å². The Balaban J connectivity index is 1.54. The summed E-state index contributed by atoms with van der Waals surface area (Å²) in [5, 5.41) is 2.95. The van der Waals surface area contributed by atoms with Crippen molar-refractivity contribution in [2.75, 3.05) is 13.1 Å². The fraction of sp³-hybridized carbons (Fsp3) is 0.333. The highest BCUT2D eigenvalue weighted by Crippen LogP contribution is 2.31. The van der Waals surface area contributed by atoms with E-state index in [0.717, 1.165) is 0 Å². The number of likely N-dealkylation sites (tertiary alicyclic amines) is 1. The first kappa shape index (κ1) is 16.4. The number of hydrogen-bond acceptors (Lipinski definition) is 4. The highest BCUT2D eigenvalue weighted by atomic mass is 35.5. The molecule has 0 radical (unpaired) electrons. The van der Waals surface area contributed by atoms with Gasteiger partial charge in [-0.1, -0.05) is 23.2 Å². The Morgan fingerprint density at radius 3 is 2.61 bits per heavy atom. The van der Waals surface area contributed by atoms with E-state index in [2.05, 4.69) is 5.32 Å². The molecule has 1 aliphatic heterocycles. The van der Waals surface area contributed by atoms with Crippen LogP contribution >= 0.6 is 34.5 Å². The second-order valence-corrected chi connectivity index (χ2v) is 7.54. The third kappa shape index (κ3) is 3.71. The lowest BCUT2D eigenvalue weighted by Gasteiger charge is -2.31. The zero-order valence-corrected chi connectivity index (χ0v) is 14.4. The van der Waals surface area contributed by atoms with Crippen LogP contribution in [0.3, 0.4) is 0 Å². The van der Waals surface area contributed by atoms with Gasteiger partial charge in [0, 0.05) is 19.1 Å². The number of carbonyl (C=O) groups is 2. The summed E-state index contributed by atoms with van der Waals surface area (Å²) in [6.07, 6.45) is 2.86. The number of nitrogens with one attached hydrogen (secondary N) is 1. The number of thiophene rings is 1. The van der Waals surface area contributed by atoms with Crippen LogP contribution in [-0.2, 0) is 0 Å². The minimum atomic E-state index is -0.228. The molecule has 2 amide bonds. The normalized spacial score (nSPS) is 15.7. The van der Waals surface area contributed by atoms with Crippen LogP contribution in [0.4, 0.5) is 0 Å². The van der Waals surface area contributed by atoms with Crippen molar-refractivity contribution in [3.8, 4) is 0 Å². The maximum atomic E-state index is 12.2. The summed E-state index contributed by atoms with van der Waals surface area (Å²) in [5.74, 6) is -0.00594. The molecule has 1 aliphatic rings.